The topological polar surface area (TPSA) is 147 Å². The molecule has 0 aliphatic heterocycles. The van der Waals surface area contributed by atoms with Crippen molar-refractivity contribution >= 4 is 23.2 Å². The van der Waals surface area contributed by atoms with Crippen LogP contribution in [-0.2, 0) is 9.59 Å². The summed E-state index contributed by atoms with van der Waals surface area (Å²) in [6, 6.07) is -0.279. The summed E-state index contributed by atoms with van der Waals surface area (Å²) in [5.74, 6) is -0.253. The molecule has 0 rings (SSSR count). The third kappa shape index (κ3) is 10.2. The molecule has 0 unspecified atom stereocenters. The molecule has 0 aliphatic rings. The molecule has 0 bridgehead atoms. The van der Waals surface area contributed by atoms with E-state index in [4.69, 9.17) is 10.4 Å². The first-order valence-corrected chi connectivity index (χ1v) is 9.77. The van der Waals surface area contributed by atoms with Gasteiger partial charge >= 0.3 is 0 Å². The fourth-order valence-electron chi connectivity index (χ4n) is 2.27. The molecule has 6 N–H and O–H groups in total. The Balaban J connectivity index is 5.00. The Bertz CT molecular complexity index is 568. The number of amides is 2. The Kier molecular flexibility index (Phi) is 11.4. The third-order valence-electron chi connectivity index (χ3n) is 5.14. The lowest BCUT2D eigenvalue weighted by Gasteiger charge is -2.32. The van der Waals surface area contributed by atoms with Crippen LogP contribution in [0.25, 0.3) is 0 Å². The molecule has 0 saturated carbocycles. The number of rotatable bonds is 13. The molecule has 0 spiro atoms. The standard InChI is InChI=1S/C19H38N6O4/c1-13(24-28)18(3,4)21-11-15(12-22-19(5,6)14(2)25-29)23-17(27)10-8-9-16(26)20-7/h15,21-22,28-29H,8-12H2,1-7H3,(H,20,26)(H,23,27)/b24-13+,25-14+. The van der Waals surface area contributed by atoms with Crippen LogP contribution in [0.3, 0.4) is 0 Å². The van der Waals surface area contributed by atoms with E-state index in [1.165, 1.54) is 0 Å². The van der Waals surface area contributed by atoms with Gasteiger partial charge in [0.25, 0.3) is 0 Å². The van der Waals surface area contributed by atoms with Crippen LogP contribution in [-0.4, -0.2) is 70.9 Å². The first kappa shape index (κ1) is 26.8. The molecule has 0 aliphatic carbocycles. The molecule has 0 heterocycles. The van der Waals surface area contributed by atoms with Crippen LogP contribution in [0, 0.1) is 0 Å². The lowest BCUT2D eigenvalue weighted by molar-refractivity contribution is -0.122. The molecular weight excluding hydrogens is 376 g/mol. The van der Waals surface area contributed by atoms with Gasteiger partial charge in [0.15, 0.2) is 0 Å². The highest BCUT2D eigenvalue weighted by Crippen LogP contribution is 2.07. The summed E-state index contributed by atoms with van der Waals surface area (Å²) in [5.41, 5.74) is -0.0847. The highest BCUT2D eigenvalue weighted by molar-refractivity contribution is 5.90. The van der Waals surface area contributed by atoms with Gasteiger partial charge in [-0.15, -0.1) is 0 Å². The summed E-state index contributed by atoms with van der Waals surface area (Å²) in [5, 5.41) is 36.7. The number of carbonyl (C=O) groups excluding carboxylic acids is 2. The predicted octanol–water partition coefficient (Wildman–Crippen LogP) is 0.824. The zero-order chi connectivity index (χ0) is 22.7. The summed E-state index contributed by atoms with van der Waals surface area (Å²) in [6.07, 6.45) is 0.997. The molecule has 2 amide bonds. The Morgan fingerprint density at radius 3 is 1.66 bits per heavy atom. The molecule has 0 aromatic carbocycles. The van der Waals surface area contributed by atoms with Gasteiger partial charge in [0.1, 0.15) is 0 Å². The van der Waals surface area contributed by atoms with E-state index in [1.54, 1.807) is 20.9 Å². The molecule has 0 saturated heterocycles. The normalized spacial score (nSPS) is 13.5. The number of oxime groups is 2. The number of carbonyl (C=O) groups is 2. The van der Waals surface area contributed by atoms with E-state index >= 15 is 0 Å². The maximum atomic E-state index is 12.3. The summed E-state index contributed by atoms with van der Waals surface area (Å²) < 4.78 is 0. The molecule has 0 aromatic rings. The maximum absolute atomic E-state index is 12.3. The van der Waals surface area contributed by atoms with Crippen molar-refractivity contribution in [3.05, 3.63) is 0 Å². The Morgan fingerprint density at radius 1 is 0.862 bits per heavy atom. The monoisotopic (exact) mass is 414 g/mol. The van der Waals surface area contributed by atoms with Crippen LogP contribution < -0.4 is 21.3 Å². The zero-order valence-corrected chi connectivity index (χ0v) is 18.7. The minimum absolute atomic E-state index is 0.0984. The largest absolute Gasteiger partial charge is 0.411 e. The summed E-state index contributed by atoms with van der Waals surface area (Å²) >= 11 is 0. The van der Waals surface area contributed by atoms with Crippen molar-refractivity contribution in [3.8, 4) is 0 Å². The summed E-state index contributed by atoms with van der Waals surface area (Å²) in [7, 11) is 1.56. The van der Waals surface area contributed by atoms with E-state index in [0.29, 0.717) is 37.4 Å². The molecule has 168 valence electrons. The van der Waals surface area contributed by atoms with E-state index < -0.39 is 11.1 Å². The van der Waals surface area contributed by atoms with Gasteiger partial charge < -0.3 is 31.7 Å². The second kappa shape index (κ2) is 12.4. The minimum Gasteiger partial charge on any atom is -0.411 e. The number of hydrogen-bond acceptors (Lipinski definition) is 8. The van der Waals surface area contributed by atoms with E-state index in [1.807, 2.05) is 27.7 Å². The highest BCUT2D eigenvalue weighted by Gasteiger charge is 2.26. The van der Waals surface area contributed by atoms with E-state index in [9.17, 15) is 9.59 Å². The SMILES string of the molecule is CNC(=O)CCCC(=O)NC(CNC(C)(C)/C(C)=N/O)CNC(C)(C)/C(C)=N/O. The van der Waals surface area contributed by atoms with Crippen LogP contribution in [0.15, 0.2) is 10.3 Å². The van der Waals surface area contributed by atoms with E-state index in [0.717, 1.165) is 0 Å². The predicted molar refractivity (Wildman–Crippen MR) is 114 cm³/mol. The van der Waals surface area contributed by atoms with Crippen LogP contribution >= 0.6 is 0 Å². The van der Waals surface area contributed by atoms with Crippen molar-refractivity contribution in [1.82, 2.24) is 21.3 Å². The molecule has 0 aromatic heterocycles. The second-order valence-electron chi connectivity index (χ2n) is 8.17. The third-order valence-corrected chi connectivity index (χ3v) is 5.14. The van der Waals surface area contributed by atoms with Crippen molar-refractivity contribution in [2.75, 3.05) is 20.1 Å². The molecular formula is C19H38N6O4. The first-order chi connectivity index (χ1) is 13.4. The van der Waals surface area contributed by atoms with Crippen LogP contribution in [0.2, 0.25) is 0 Å². The van der Waals surface area contributed by atoms with Crippen molar-refractivity contribution in [1.29, 1.82) is 0 Å². The zero-order valence-electron chi connectivity index (χ0n) is 18.7. The Labute approximate surface area is 173 Å². The van der Waals surface area contributed by atoms with Gasteiger partial charge in [0.05, 0.1) is 28.5 Å². The lowest BCUT2D eigenvalue weighted by Crippen LogP contribution is -2.57. The van der Waals surface area contributed by atoms with Gasteiger partial charge in [0.2, 0.25) is 11.8 Å². The van der Waals surface area contributed by atoms with E-state index in [2.05, 4.69) is 31.6 Å². The van der Waals surface area contributed by atoms with Crippen LogP contribution in [0.5, 0.6) is 0 Å². The first-order valence-electron chi connectivity index (χ1n) is 9.77. The Morgan fingerprint density at radius 2 is 1.28 bits per heavy atom. The van der Waals surface area contributed by atoms with Gasteiger partial charge in [-0.2, -0.15) is 0 Å². The fourth-order valence-corrected chi connectivity index (χ4v) is 2.27. The number of nitrogens with one attached hydrogen (secondary N) is 4. The van der Waals surface area contributed by atoms with Crippen molar-refractivity contribution in [2.24, 2.45) is 10.3 Å². The van der Waals surface area contributed by atoms with E-state index in [-0.39, 0.29) is 24.3 Å². The van der Waals surface area contributed by atoms with Crippen molar-refractivity contribution < 1.29 is 20.0 Å². The van der Waals surface area contributed by atoms with Crippen molar-refractivity contribution in [2.45, 2.75) is 77.9 Å². The molecule has 29 heavy (non-hydrogen) atoms. The quantitative estimate of drug-likeness (QED) is 0.149. The van der Waals surface area contributed by atoms with Crippen LogP contribution in [0.1, 0.15) is 60.8 Å². The van der Waals surface area contributed by atoms with Gasteiger partial charge in [-0.3, -0.25) is 9.59 Å². The van der Waals surface area contributed by atoms with Gasteiger partial charge in [-0.05, 0) is 48.0 Å². The highest BCUT2D eigenvalue weighted by atomic mass is 16.4. The molecule has 10 nitrogen and oxygen atoms in total. The number of nitrogens with zero attached hydrogens (tertiary/aromatic N) is 2. The molecule has 10 heteroatoms. The molecule has 0 radical (unpaired) electrons. The molecule has 0 atom stereocenters. The Hall–Kier alpha value is -2.20. The van der Waals surface area contributed by atoms with Gasteiger partial charge in [-0.1, -0.05) is 10.3 Å². The molecule has 0 fully saturated rings. The summed E-state index contributed by atoms with van der Waals surface area (Å²) in [4.78, 5) is 23.6. The van der Waals surface area contributed by atoms with Gasteiger partial charge in [-0.25, -0.2) is 0 Å². The maximum Gasteiger partial charge on any atom is 0.220 e. The minimum atomic E-state index is -0.561. The lowest BCUT2D eigenvalue weighted by atomic mass is 9.98. The number of hydrogen-bond donors (Lipinski definition) is 6. The fraction of sp³-hybridized carbons (Fsp3) is 0.789. The second-order valence-corrected chi connectivity index (χ2v) is 8.17. The average molecular weight is 415 g/mol. The average Bonchev–Trinajstić information content (AvgIpc) is 2.68. The summed E-state index contributed by atoms with van der Waals surface area (Å²) in [6.45, 7) is 11.8. The van der Waals surface area contributed by atoms with Crippen LogP contribution in [0.4, 0.5) is 0 Å². The smallest absolute Gasteiger partial charge is 0.220 e. The van der Waals surface area contributed by atoms with Gasteiger partial charge in [0, 0.05) is 33.0 Å². The van der Waals surface area contributed by atoms with Crippen molar-refractivity contribution in [3.63, 3.8) is 0 Å².